The van der Waals surface area contributed by atoms with E-state index in [1.807, 2.05) is 0 Å². The van der Waals surface area contributed by atoms with Crippen LogP contribution in [0.3, 0.4) is 0 Å². The summed E-state index contributed by atoms with van der Waals surface area (Å²) in [5, 5.41) is 1.17. The van der Waals surface area contributed by atoms with E-state index in [2.05, 4.69) is 0 Å². The number of amides is 3. The predicted octanol–water partition coefficient (Wildman–Crippen LogP) is -0.671. The minimum Gasteiger partial charge on any atom is -0.272 e. The average molecular weight is 197 g/mol. The van der Waals surface area contributed by atoms with E-state index in [1.165, 1.54) is 0 Å². The Morgan fingerprint density at radius 3 is 2.36 bits per heavy atom. The van der Waals surface area contributed by atoms with Crippen LogP contribution in [-0.2, 0) is 14.4 Å². The van der Waals surface area contributed by atoms with Crippen molar-refractivity contribution < 1.29 is 14.4 Å². The van der Waals surface area contributed by atoms with Crippen LogP contribution in [0.2, 0.25) is 0 Å². The highest BCUT2D eigenvalue weighted by atomic mass is 16.2. The molecule has 0 aromatic carbocycles. The average Bonchev–Trinajstić information content (AvgIpc) is 2.46. The summed E-state index contributed by atoms with van der Waals surface area (Å²) in [5.41, 5.74) is 0. The largest absolute Gasteiger partial charge is 0.274 e. The monoisotopic (exact) mass is 197 g/mol. The van der Waals surface area contributed by atoms with Crippen LogP contribution in [-0.4, -0.2) is 27.8 Å². The Bertz CT molecular complexity index is 293. The van der Waals surface area contributed by atoms with Crippen molar-refractivity contribution in [2.75, 3.05) is 0 Å². The van der Waals surface area contributed by atoms with Crippen LogP contribution < -0.4 is 5.84 Å². The highest BCUT2D eigenvalue weighted by molar-refractivity contribution is 6.13. The molecule has 0 radical (unpaired) electrons. The molecule has 0 aliphatic carbocycles. The minimum atomic E-state index is -0.595. The standard InChI is InChI=1S/C8H11N3O3/c1-2-3-8(14)11(9)10-6(12)4-5-7(10)13/h4-5H,2-3,9H2,1H3. The van der Waals surface area contributed by atoms with Gasteiger partial charge in [0.25, 0.3) is 17.7 Å². The van der Waals surface area contributed by atoms with E-state index < -0.39 is 17.7 Å². The van der Waals surface area contributed by atoms with Gasteiger partial charge in [0.1, 0.15) is 0 Å². The number of hydrazine groups is 2. The summed E-state index contributed by atoms with van der Waals surface area (Å²) in [7, 11) is 0. The van der Waals surface area contributed by atoms with Crippen molar-refractivity contribution in [3.05, 3.63) is 12.2 Å². The van der Waals surface area contributed by atoms with E-state index in [9.17, 15) is 14.4 Å². The molecular weight excluding hydrogens is 186 g/mol. The lowest BCUT2D eigenvalue weighted by Crippen LogP contribution is -2.53. The summed E-state index contributed by atoms with van der Waals surface area (Å²) in [5.74, 6) is 3.67. The molecule has 1 heterocycles. The SMILES string of the molecule is CCCC(=O)N(N)N1C(=O)C=CC1=O. The maximum atomic E-state index is 11.2. The van der Waals surface area contributed by atoms with E-state index in [4.69, 9.17) is 5.84 Å². The van der Waals surface area contributed by atoms with Gasteiger partial charge in [-0.15, -0.1) is 0 Å². The molecule has 1 aliphatic heterocycles. The third-order valence-electron chi connectivity index (χ3n) is 1.72. The molecule has 6 heteroatoms. The summed E-state index contributed by atoms with van der Waals surface area (Å²) >= 11 is 0. The van der Waals surface area contributed by atoms with Gasteiger partial charge >= 0.3 is 0 Å². The molecular formula is C8H11N3O3. The normalized spacial score (nSPS) is 15.1. The van der Waals surface area contributed by atoms with Gasteiger partial charge in [0, 0.05) is 18.6 Å². The first-order valence-corrected chi connectivity index (χ1v) is 4.21. The first kappa shape index (κ1) is 10.4. The number of nitrogens with zero attached hydrogens (tertiary/aromatic N) is 2. The molecule has 0 aromatic heterocycles. The number of hydrogen-bond donors (Lipinski definition) is 1. The highest BCUT2D eigenvalue weighted by Gasteiger charge is 2.30. The summed E-state index contributed by atoms with van der Waals surface area (Å²) in [6, 6.07) is 0. The molecule has 76 valence electrons. The lowest BCUT2D eigenvalue weighted by molar-refractivity contribution is -0.167. The Morgan fingerprint density at radius 1 is 1.43 bits per heavy atom. The van der Waals surface area contributed by atoms with Crippen LogP contribution in [0, 0.1) is 0 Å². The predicted molar refractivity (Wildman–Crippen MR) is 46.9 cm³/mol. The number of carbonyl (C=O) groups is 3. The van der Waals surface area contributed by atoms with E-state index in [0.717, 1.165) is 12.2 Å². The summed E-state index contributed by atoms with van der Waals surface area (Å²) in [4.78, 5) is 33.4. The number of nitrogens with two attached hydrogens (primary N) is 1. The number of hydrogen-bond acceptors (Lipinski definition) is 4. The second-order valence-electron chi connectivity index (χ2n) is 2.81. The fourth-order valence-electron chi connectivity index (χ4n) is 1.04. The molecule has 1 rings (SSSR count). The smallest absolute Gasteiger partial charge is 0.272 e. The molecule has 0 saturated carbocycles. The Balaban J connectivity index is 2.70. The number of imide groups is 1. The minimum absolute atomic E-state index is 0.202. The van der Waals surface area contributed by atoms with Crippen molar-refractivity contribution in [2.45, 2.75) is 19.8 Å². The molecule has 6 nitrogen and oxygen atoms in total. The van der Waals surface area contributed by atoms with E-state index >= 15 is 0 Å². The molecule has 2 N–H and O–H groups in total. The Labute approximate surface area is 80.9 Å². The maximum Gasteiger partial charge on any atom is 0.274 e. The lowest BCUT2D eigenvalue weighted by Gasteiger charge is -2.24. The molecule has 0 aromatic rings. The van der Waals surface area contributed by atoms with Crippen LogP contribution >= 0.6 is 0 Å². The van der Waals surface area contributed by atoms with Crippen molar-refractivity contribution >= 4 is 17.7 Å². The van der Waals surface area contributed by atoms with Crippen LogP contribution in [0.5, 0.6) is 0 Å². The van der Waals surface area contributed by atoms with E-state index in [1.54, 1.807) is 6.92 Å². The van der Waals surface area contributed by atoms with Crippen molar-refractivity contribution in [1.82, 2.24) is 10.1 Å². The molecule has 14 heavy (non-hydrogen) atoms. The van der Waals surface area contributed by atoms with Gasteiger partial charge in [-0.25, -0.2) is 5.84 Å². The zero-order chi connectivity index (χ0) is 10.7. The fourth-order valence-corrected chi connectivity index (χ4v) is 1.04. The molecule has 0 spiro atoms. The van der Waals surface area contributed by atoms with Crippen molar-refractivity contribution in [3.63, 3.8) is 0 Å². The topological polar surface area (TPSA) is 83.7 Å². The Morgan fingerprint density at radius 2 is 1.93 bits per heavy atom. The third-order valence-corrected chi connectivity index (χ3v) is 1.72. The van der Waals surface area contributed by atoms with Gasteiger partial charge in [0.05, 0.1) is 0 Å². The number of rotatable bonds is 3. The van der Waals surface area contributed by atoms with Crippen molar-refractivity contribution in [3.8, 4) is 0 Å². The highest BCUT2D eigenvalue weighted by Crippen LogP contribution is 2.06. The van der Waals surface area contributed by atoms with Gasteiger partial charge in [0.2, 0.25) is 0 Å². The fraction of sp³-hybridized carbons (Fsp3) is 0.375. The second kappa shape index (κ2) is 4.01. The molecule has 0 atom stereocenters. The first-order chi connectivity index (χ1) is 6.57. The second-order valence-corrected chi connectivity index (χ2v) is 2.81. The molecule has 0 unspecified atom stereocenters. The molecule has 0 bridgehead atoms. The number of carbonyl (C=O) groups excluding carboxylic acids is 3. The molecule has 0 saturated heterocycles. The van der Waals surface area contributed by atoms with Gasteiger partial charge in [-0.1, -0.05) is 6.92 Å². The van der Waals surface area contributed by atoms with Crippen LogP contribution in [0.4, 0.5) is 0 Å². The van der Waals surface area contributed by atoms with Gasteiger partial charge < -0.3 is 0 Å². The summed E-state index contributed by atoms with van der Waals surface area (Å²) in [6.07, 6.45) is 2.95. The van der Waals surface area contributed by atoms with E-state index in [0.29, 0.717) is 16.5 Å². The third kappa shape index (κ3) is 1.80. The summed E-state index contributed by atoms with van der Waals surface area (Å²) < 4.78 is 0. The van der Waals surface area contributed by atoms with Gasteiger partial charge in [-0.05, 0) is 6.42 Å². The summed E-state index contributed by atoms with van der Waals surface area (Å²) in [6.45, 7) is 1.80. The van der Waals surface area contributed by atoms with Crippen molar-refractivity contribution in [2.24, 2.45) is 5.84 Å². The van der Waals surface area contributed by atoms with Gasteiger partial charge in [-0.2, -0.15) is 10.1 Å². The van der Waals surface area contributed by atoms with Gasteiger partial charge in [0.15, 0.2) is 0 Å². The van der Waals surface area contributed by atoms with Crippen LogP contribution in [0.25, 0.3) is 0 Å². The van der Waals surface area contributed by atoms with Crippen LogP contribution in [0.15, 0.2) is 12.2 Å². The molecule has 1 aliphatic rings. The van der Waals surface area contributed by atoms with Crippen molar-refractivity contribution in [1.29, 1.82) is 0 Å². The maximum absolute atomic E-state index is 11.2. The first-order valence-electron chi connectivity index (χ1n) is 4.21. The Kier molecular flexibility index (Phi) is 2.98. The quantitative estimate of drug-likeness (QED) is 0.281. The Hall–Kier alpha value is -1.69. The molecule has 0 fully saturated rings. The lowest BCUT2D eigenvalue weighted by atomic mass is 10.3. The van der Waals surface area contributed by atoms with E-state index in [-0.39, 0.29) is 6.42 Å². The van der Waals surface area contributed by atoms with Crippen LogP contribution in [0.1, 0.15) is 19.8 Å². The zero-order valence-electron chi connectivity index (χ0n) is 7.77. The van der Waals surface area contributed by atoms with Gasteiger partial charge in [-0.3, -0.25) is 14.4 Å². The zero-order valence-corrected chi connectivity index (χ0v) is 7.77. The molecule has 3 amide bonds.